The number of halogens is 1. The molecule has 2 heterocycles. The van der Waals surface area contributed by atoms with Gasteiger partial charge >= 0.3 is 0 Å². The van der Waals surface area contributed by atoms with E-state index >= 15 is 0 Å². The normalized spacial score (nSPS) is 11.1. The zero-order valence-electron chi connectivity index (χ0n) is 12.3. The molecule has 21 heavy (non-hydrogen) atoms. The number of H-pyrrole nitrogens is 1. The molecular formula is C14H19BrN4OS. The first-order valence-corrected chi connectivity index (χ1v) is 8.42. The number of nitrogen functional groups attached to an aromatic ring is 1. The number of rotatable bonds is 5. The van der Waals surface area contributed by atoms with Crippen LogP contribution in [0.3, 0.4) is 0 Å². The number of hydrogen-bond acceptors (Lipinski definition) is 4. The molecule has 0 unspecified atom stereocenters. The van der Waals surface area contributed by atoms with Crippen molar-refractivity contribution >= 4 is 38.9 Å². The number of anilines is 1. The molecule has 7 heteroatoms. The summed E-state index contributed by atoms with van der Waals surface area (Å²) in [5.41, 5.74) is 7.64. The molecular weight excluding hydrogens is 352 g/mol. The Balaban J connectivity index is 2.20. The molecule has 1 amide bonds. The summed E-state index contributed by atoms with van der Waals surface area (Å²) in [7, 11) is 0. The van der Waals surface area contributed by atoms with Gasteiger partial charge in [-0.25, -0.2) is 0 Å². The molecule has 2 aromatic heterocycles. The summed E-state index contributed by atoms with van der Waals surface area (Å²) >= 11 is 5.06. The Hall–Kier alpha value is -1.34. The summed E-state index contributed by atoms with van der Waals surface area (Å²) in [5, 5.41) is 6.98. The Morgan fingerprint density at radius 2 is 2.24 bits per heavy atom. The van der Waals surface area contributed by atoms with Crippen LogP contribution in [0.2, 0.25) is 0 Å². The van der Waals surface area contributed by atoms with E-state index in [1.165, 1.54) is 0 Å². The molecule has 0 aliphatic heterocycles. The van der Waals surface area contributed by atoms with Gasteiger partial charge < -0.3 is 10.6 Å². The van der Waals surface area contributed by atoms with Gasteiger partial charge in [0.25, 0.3) is 5.91 Å². The molecule has 0 saturated carbocycles. The van der Waals surface area contributed by atoms with Crippen LogP contribution in [0.5, 0.6) is 0 Å². The molecule has 2 rings (SSSR count). The highest BCUT2D eigenvalue weighted by atomic mass is 79.9. The number of thiophene rings is 1. The number of carbonyl (C=O) groups is 1. The van der Waals surface area contributed by atoms with Crippen molar-refractivity contribution in [3.63, 3.8) is 0 Å². The second-order valence-corrected chi connectivity index (χ2v) is 7.63. The largest absolute Gasteiger partial charge is 0.395 e. The van der Waals surface area contributed by atoms with Crippen molar-refractivity contribution in [1.29, 1.82) is 0 Å². The van der Waals surface area contributed by atoms with Gasteiger partial charge in [-0.15, -0.1) is 11.3 Å². The SMILES string of the molecule is CCN(Cc1ccc(Br)s1)C(=O)c1n[nH]c(C(C)C)c1N. The standard InChI is InChI=1S/C14H19BrN4OS/c1-4-19(7-9-5-6-10(15)21-9)14(20)13-11(16)12(8(2)3)17-18-13/h5-6,8H,4,7,16H2,1-3H3,(H,17,18). The molecule has 0 aliphatic carbocycles. The minimum Gasteiger partial charge on any atom is -0.395 e. The van der Waals surface area contributed by atoms with Crippen LogP contribution >= 0.6 is 27.3 Å². The number of aromatic amines is 1. The van der Waals surface area contributed by atoms with Crippen molar-refractivity contribution in [2.45, 2.75) is 33.2 Å². The van der Waals surface area contributed by atoms with Gasteiger partial charge in [0, 0.05) is 11.4 Å². The monoisotopic (exact) mass is 370 g/mol. The Kier molecular flexibility index (Phi) is 5.05. The summed E-state index contributed by atoms with van der Waals surface area (Å²) in [6, 6.07) is 4.00. The van der Waals surface area contributed by atoms with Crippen molar-refractivity contribution in [3.8, 4) is 0 Å². The molecule has 2 aromatic rings. The van der Waals surface area contributed by atoms with E-state index in [2.05, 4.69) is 26.1 Å². The van der Waals surface area contributed by atoms with E-state index in [4.69, 9.17) is 5.73 Å². The number of nitrogens with two attached hydrogens (primary N) is 1. The van der Waals surface area contributed by atoms with Crippen molar-refractivity contribution in [2.24, 2.45) is 0 Å². The van der Waals surface area contributed by atoms with Gasteiger partial charge in [0.1, 0.15) is 0 Å². The maximum Gasteiger partial charge on any atom is 0.276 e. The van der Waals surface area contributed by atoms with Crippen molar-refractivity contribution < 1.29 is 4.79 Å². The second kappa shape index (κ2) is 6.62. The van der Waals surface area contributed by atoms with E-state index in [9.17, 15) is 4.79 Å². The average Bonchev–Trinajstić information content (AvgIpc) is 3.01. The van der Waals surface area contributed by atoms with Crippen molar-refractivity contribution in [2.75, 3.05) is 12.3 Å². The summed E-state index contributed by atoms with van der Waals surface area (Å²) in [4.78, 5) is 15.5. The molecule has 0 aliphatic rings. The fraction of sp³-hybridized carbons (Fsp3) is 0.429. The minimum absolute atomic E-state index is 0.136. The second-order valence-electron chi connectivity index (χ2n) is 5.08. The maximum atomic E-state index is 12.6. The number of hydrogen-bond donors (Lipinski definition) is 2. The summed E-state index contributed by atoms with van der Waals surface area (Å²) < 4.78 is 1.06. The molecule has 5 nitrogen and oxygen atoms in total. The zero-order valence-corrected chi connectivity index (χ0v) is 14.7. The first kappa shape index (κ1) is 16.0. The lowest BCUT2D eigenvalue weighted by Crippen LogP contribution is -2.30. The van der Waals surface area contributed by atoms with Gasteiger partial charge in [0.15, 0.2) is 5.69 Å². The fourth-order valence-electron chi connectivity index (χ4n) is 2.07. The van der Waals surface area contributed by atoms with Crippen LogP contribution in [0.4, 0.5) is 5.69 Å². The molecule has 0 atom stereocenters. The van der Waals surface area contributed by atoms with Gasteiger partial charge in [-0.1, -0.05) is 13.8 Å². The molecule has 0 fully saturated rings. The van der Waals surface area contributed by atoms with Crippen LogP contribution in [-0.4, -0.2) is 27.5 Å². The Morgan fingerprint density at radius 1 is 1.52 bits per heavy atom. The number of nitrogens with one attached hydrogen (secondary N) is 1. The average molecular weight is 371 g/mol. The smallest absolute Gasteiger partial charge is 0.276 e. The molecule has 0 saturated heterocycles. The van der Waals surface area contributed by atoms with E-state index in [-0.39, 0.29) is 11.8 Å². The third-order valence-electron chi connectivity index (χ3n) is 3.26. The number of carbonyl (C=O) groups excluding carboxylic acids is 1. The maximum absolute atomic E-state index is 12.6. The third kappa shape index (κ3) is 3.47. The predicted octanol–water partition coefficient (Wildman–Crippen LogP) is 3.60. The minimum atomic E-state index is -0.136. The first-order chi connectivity index (χ1) is 9.93. The lowest BCUT2D eigenvalue weighted by molar-refractivity contribution is 0.0749. The van der Waals surface area contributed by atoms with Crippen LogP contribution in [0, 0.1) is 0 Å². The van der Waals surface area contributed by atoms with Gasteiger partial charge in [-0.3, -0.25) is 9.89 Å². The Morgan fingerprint density at radius 3 is 2.71 bits per heavy atom. The summed E-state index contributed by atoms with van der Waals surface area (Å²) in [5.74, 6) is 0.0741. The first-order valence-electron chi connectivity index (χ1n) is 6.81. The van der Waals surface area contributed by atoms with E-state index in [1.54, 1.807) is 16.2 Å². The lowest BCUT2D eigenvalue weighted by Gasteiger charge is -2.19. The zero-order chi connectivity index (χ0) is 15.6. The van der Waals surface area contributed by atoms with Crippen LogP contribution < -0.4 is 5.73 Å². The highest BCUT2D eigenvalue weighted by Gasteiger charge is 2.23. The fourth-order valence-corrected chi connectivity index (χ4v) is 3.57. The molecule has 0 radical (unpaired) electrons. The molecule has 0 bridgehead atoms. The van der Waals surface area contributed by atoms with Crippen LogP contribution in [0.25, 0.3) is 0 Å². The number of nitrogens with zero attached hydrogens (tertiary/aromatic N) is 2. The summed E-state index contributed by atoms with van der Waals surface area (Å²) in [6.07, 6.45) is 0. The van der Waals surface area contributed by atoms with Gasteiger partial charge in [-0.2, -0.15) is 5.10 Å². The quantitative estimate of drug-likeness (QED) is 0.843. The predicted molar refractivity (Wildman–Crippen MR) is 89.5 cm³/mol. The van der Waals surface area contributed by atoms with Crippen molar-refractivity contribution in [3.05, 3.63) is 32.2 Å². The highest BCUT2D eigenvalue weighted by molar-refractivity contribution is 9.11. The van der Waals surface area contributed by atoms with Crippen molar-refractivity contribution in [1.82, 2.24) is 15.1 Å². The van der Waals surface area contributed by atoms with Gasteiger partial charge in [-0.05, 0) is 40.9 Å². The lowest BCUT2D eigenvalue weighted by atomic mass is 10.1. The van der Waals surface area contributed by atoms with Crippen LogP contribution in [-0.2, 0) is 6.54 Å². The van der Waals surface area contributed by atoms with E-state index in [0.29, 0.717) is 24.5 Å². The molecule has 114 valence electrons. The van der Waals surface area contributed by atoms with Gasteiger partial charge in [0.2, 0.25) is 0 Å². The van der Waals surface area contributed by atoms with Gasteiger partial charge in [0.05, 0.1) is 21.7 Å². The third-order valence-corrected chi connectivity index (χ3v) is 4.87. The number of amides is 1. The Bertz CT molecular complexity index is 635. The van der Waals surface area contributed by atoms with E-state index in [1.807, 2.05) is 32.9 Å². The Labute approximate surface area is 136 Å². The van der Waals surface area contributed by atoms with Crippen LogP contribution in [0.1, 0.15) is 47.7 Å². The van der Waals surface area contributed by atoms with E-state index in [0.717, 1.165) is 14.4 Å². The summed E-state index contributed by atoms with van der Waals surface area (Å²) in [6.45, 7) is 7.15. The topological polar surface area (TPSA) is 75.0 Å². The highest BCUT2D eigenvalue weighted by Crippen LogP contribution is 2.26. The number of aromatic nitrogens is 2. The molecule has 3 N–H and O–H groups in total. The molecule has 0 spiro atoms. The molecule has 0 aromatic carbocycles. The van der Waals surface area contributed by atoms with Crippen LogP contribution in [0.15, 0.2) is 15.9 Å². The van der Waals surface area contributed by atoms with E-state index < -0.39 is 0 Å².